The van der Waals surface area contributed by atoms with Crippen LogP contribution in [0.15, 0.2) is 66.5 Å². The van der Waals surface area contributed by atoms with Crippen molar-refractivity contribution in [3.8, 4) is 5.75 Å². The van der Waals surface area contributed by atoms with Gasteiger partial charge in [0.1, 0.15) is 12.0 Å². The summed E-state index contributed by atoms with van der Waals surface area (Å²) in [6.45, 7) is 6.81. The predicted octanol–water partition coefficient (Wildman–Crippen LogP) is 2.89. The highest BCUT2D eigenvalue weighted by Gasteiger charge is 2.08. The molecule has 1 rings (SSSR count). The van der Waals surface area contributed by atoms with Crippen LogP contribution in [0.25, 0.3) is 0 Å². The normalized spacial score (nSPS) is 10.3. The van der Waals surface area contributed by atoms with E-state index in [1.54, 1.807) is 38.1 Å². The van der Waals surface area contributed by atoms with Gasteiger partial charge in [0.2, 0.25) is 0 Å². The van der Waals surface area contributed by atoms with Crippen molar-refractivity contribution in [2.45, 2.75) is 13.8 Å². The van der Waals surface area contributed by atoms with Gasteiger partial charge in [-0.25, -0.2) is 14.4 Å². The quantitative estimate of drug-likeness (QED) is 0.344. The minimum absolute atomic E-state index is 0.0214. The highest BCUT2D eigenvalue weighted by atomic mass is 16.5. The third kappa shape index (κ3) is 10.4. The second-order valence-corrected chi connectivity index (χ2v) is 4.67. The monoisotopic (exact) mass is 362 g/mol. The summed E-state index contributed by atoms with van der Waals surface area (Å²) in [6, 6.07) is 8.80. The Labute approximate surface area is 152 Å². The molecule has 0 fully saturated rings. The topological polar surface area (TPSA) is 99.1 Å². The lowest BCUT2D eigenvalue weighted by Crippen LogP contribution is -2.07. The van der Waals surface area contributed by atoms with Gasteiger partial charge in [-0.3, -0.25) is 0 Å². The van der Waals surface area contributed by atoms with Crippen LogP contribution in [0.4, 0.5) is 0 Å². The Morgan fingerprint density at radius 1 is 1.12 bits per heavy atom. The summed E-state index contributed by atoms with van der Waals surface area (Å²) in [5, 5.41) is 8.55. The zero-order valence-corrected chi connectivity index (χ0v) is 14.9. The van der Waals surface area contributed by atoms with E-state index in [0.717, 1.165) is 18.4 Å². The maximum Gasteiger partial charge on any atom is 0.341 e. The predicted molar refractivity (Wildman–Crippen MR) is 95.4 cm³/mol. The van der Waals surface area contributed by atoms with Crippen LogP contribution in [-0.4, -0.2) is 36.7 Å². The lowest BCUT2D eigenvalue weighted by Gasteiger charge is -2.04. The number of ether oxygens (including phenoxy) is 3. The molecule has 0 aliphatic rings. The van der Waals surface area contributed by atoms with Crippen LogP contribution in [0.2, 0.25) is 0 Å². The molecule has 0 radical (unpaired) electrons. The van der Waals surface area contributed by atoms with Crippen molar-refractivity contribution in [3.05, 3.63) is 66.5 Å². The molecule has 0 heterocycles. The van der Waals surface area contributed by atoms with Gasteiger partial charge in [0.05, 0.1) is 19.3 Å². The largest absolute Gasteiger partial charge is 0.478 e. The van der Waals surface area contributed by atoms with E-state index < -0.39 is 11.9 Å². The van der Waals surface area contributed by atoms with Gasteiger partial charge in [-0.1, -0.05) is 24.8 Å². The highest BCUT2D eigenvalue weighted by molar-refractivity contribution is 5.93. The summed E-state index contributed by atoms with van der Waals surface area (Å²) in [4.78, 5) is 32.2. The van der Waals surface area contributed by atoms with Crippen molar-refractivity contribution in [2.24, 2.45) is 0 Å². The maximum atomic E-state index is 11.6. The van der Waals surface area contributed by atoms with Crippen molar-refractivity contribution >= 4 is 17.9 Å². The molecule has 1 N–H and O–H groups in total. The molecule has 26 heavy (non-hydrogen) atoms. The fraction of sp³-hybridized carbons (Fsp3) is 0.211. The van der Waals surface area contributed by atoms with E-state index in [2.05, 4.69) is 11.3 Å². The molecule has 0 aromatic heterocycles. The van der Waals surface area contributed by atoms with Crippen LogP contribution < -0.4 is 4.74 Å². The number of para-hydroxylation sites is 1. The summed E-state index contributed by atoms with van der Waals surface area (Å²) in [6.07, 6.45) is 3.13. The van der Waals surface area contributed by atoms with Crippen LogP contribution in [0.5, 0.6) is 5.75 Å². The summed E-state index contributed by atoms with van der Waals surface area (Å²) in [5.41, 5.74) is 0.454. The van der Waals surface area contributed by atoms with Crippen molar-refractivity contribution in [1.82, 2.24) is 0 Å². The number of esters is 2. The number of carbonyl (C=O) groups excluding carboxylic acids is 2. The molecule has 0 saturated carbocycles. The van der Waals surface area contributed by atoms with Gasteiger partial charge < -0.3 is 19.3 Å². The van der Waals surface area contributed by atoms with Gasteiger partial charge in [-0.05, 0) is 32.1 Å². The minimum atomic E-state index is -1.16. The van der Waals surface area contributed by atoms with E-state index in [-0.39, 0.29) is 18.1 Å². The zero-order chi connectivity index (χ0) is 19.9. The Hall–Kier alpha value is -3.35. The van der Waals surface area contributed by atoms with Gasteiger partial charge in [-0.2, -0.15) is 0 Å². The summed E-state index contributed by atoms with van der Waals surface area (Å²) in [5.74, 6) is -1.61. The van der Waals surface area contributed by atoms with E-state index in [0.29, 0.717) is 11.3 Å². The Morgan fingerprint density at radius 2 is 1.73 bits per heavy atom. The maximum absolute atomic E-state index is 11.6. The molecule has 0 spiro atoms. The Kier molecular flexibility index (Phi) is 11.3. The Morgan fingerprint density at radius 3 is 2.15 bits per heavy atom. The van der Waals surface area contributed by atoms with E-state index >= 15 is 0 Å². The molecule has 7 heteroatoms. The standard InChI is InChI=1S/C14H14O5.C5H8O2/c1-2-18-14(17)11(8-9-13(15)16)10-19-12-6-4-3-5-7-12;1-4(2)5(6)7-3/h3-10H,2H2,1H3,(H,15,16);1H2,2-3H3. The van der Waals surface area contributed by atoms with E-state index in [9.17, 15) is 14.4 Å². The van der Waals surface area contributed by atoms with Crippen molar-refractivity contribution in [2.75, 3.05) is 13.7 Å². The third-order valence-corrected chi connectivity index (χ3v) is 2.52. The number of rotatable bonds is 7. The first-order valence-corrected chi connectivity index (χ1v) is 7.55. The number of carboxylic acids is 1. The van der Waals surface area contributed by atoms with Gasteiger partial charge in [0, 0.05) is 11.6 Å². The average Bonchev–Trinajstić information content (AvgIpc) is 2.62. The Bertz CT molecular complexity index is 672. The molecule has 0 saturated heterocycles. The van der Waals surface area contributed by atoms with Gasteiger partial charge in [-0.15, -0.1) is 0 Å². The van der Waals surface area contributed by atoms with Crippen molar-refractivity contribution in [3.63, 3.8) is 0 Å². The first-order valence-electron chi connectivity index (χ1n) is 7.55. The number of carbonyl (C=O) groups is 3. The van der Waals surface area contributed by atoms with Crippen LogP contribution in [0.1, 0.15) is 13.8 Å². The fourth-order valence-electron chi connectivity index (χ4n) is 1.34. The molecule has 1 aromatic carbocycles. The van der Waals surface area contributed by atoms with Crippen molar-refractivity contribution in [1.29, 1.82) is 0 Å². The molecular formula is C19H22O7. The number of hydrogen-bond acceptors (Lipinski definition) is 6. The summed E-state index contributed by atoms with van der Waals surface area (Å²) < 4.78 is 14.3. The smallest absolute Gasteiger partial charge is 0.341 e. The van der Waals surface area contributed by atoms with Gasteiger partial charge >= 0.3 is 17.9 Å². The highest BCUT2D eigenvalue weighted by Crippen LogP contribution is 2.11. The summed E-state index contributed by atoms with van der Waals surface area (Å²) >= 11 is 0. The first-order chi connectivity index (χ1) is 12.3. The number of hydrogen-bond donors (Lipinski definition) is 1. The molecule has 0 aliphatic carbocycles. The number of aliphatic carboxylic acids is 1. The third-order valence-electron chi connectivity index (χ3n) is 2.52. The molecule has 0 atom stereocenters. The molecule has 0 bridgehead atoms. The molecule has 140 valence electrons. The number of carboxylic acid groups (broad SMARTS) is 1. The molecular weight excluding hydrogens is 340 g/mol. The van der Waals surface area contributed by atoms with Crippen molar-refractivity contribution < 1.29 is 33.7 Å². The summed E-state index contributed by atoms with van der Waals surface area (Å²) in [7, 11) is 1.33. The molecule has 1 aromatic rings. The van der Waals surface area contributed by atoms with Crippen LogP contribution >= 0.6 is 0 Å². The number of methoxy groups -OCH3 is 1. The lowest BCUT2D eigenvalue weighted by atomic mass is 10.2. The van der Waals surface area contributed by atoms with E-state index in [4.69, 9.17) is 14.6 Å². The molecule has 0 amide bonds. The lowest BCUT2D eigenvalue weighted by molar-refractivity contribution is -0.138. The van der Waals surface area contributed by atoms with Gasteiger partial charge in [0.15, 0.2) is 0 Å². The second kappa shape index (κ2) is 13.0. The molecule has 0 unspecified atom stereocenters. The van der Waals surface area contributed by atoms with Crippen LogP contribution in [0.3, 0.4) is 0 Å². The Balaban J connectivity index is 0.000000758. The van der Waals surface area contributed by atoms with E-state index in [1.807, 2.05) is 6.07 Å². The SMILES string of the molecule is C=C(C)C(=O)OC.CCOC(=O)C(C=CC(=O)O)=COc1ccccc1. The molecule has 7 nitrogen and oxygen atoms in total. The van der Waals surface area contributed by atoms with Crippen LogP contribution in [-0.2, 0) is 23.9 Å². The minimum Gasteiger partial charge on any atom is -0.478 e. The fourth-order valence-corrected chi connectivity index (χ4v) is 1.34. The van der Waals surface area contributed by atoms with Gasteiger partial charge in [0.25, 0.3) is 0 Å². The second-order valence-electron chi connectivity index (χ2n) is 4.67. The average molecular weight is 362 g/mol. The number of benzene rings is 1. The molecule has 0 aliphatic heterocycles. The van der Waals surface area contributed by atoms with E-state index in [1.165, 1.54) is 7.11 Å². The zero-order valence-electron chi connectivity index (χ0n) is 14.9. The van der Waals surface area contributed by atoms with Crippen LogP contribution in [0, 0.1) is 0 Å². The first kappa shape index (κ1) is 22.6.